The number of hydrogen-bond acceptors (Lipinski definition) is 6. The minimum Gasteiger partial charge on any atom is -0.382 e. The van der Waals surface area contributed by atoms with Crippen LogP contribution in [0.25, 0.3) is 21.9 Å². The molecule has 1 unspecified atom stereocenters. The molecule has 0 amide bonds. The van der Waals surface area contributed by atoms with Crippen molar-refractivity contribution in [1.29, 1.82) is 0 Å². The molecule has 0 aliphatic carbocycles. The molecule has 0 aliphatic rings. The van der Waals surface area contributed by atoms with Gasteiger partial charge in [0.05, 0.1) is 17.1 Å². The van der Waals surface area contributed by atoms with E-state index in [-0.39, 0.29) is 11.8 Å². The molecule has 7 heteroatoms. The predicted octanol–water partition coefficient (Wildman–Crippen LogP) is 1.97. The van der Waals surface area contributed by atoms with Crippen LogP contribution in [0.3, 0.4) is 0 Å². The second-order valence-electron chi connectivity index (χ2n) is 7.07. The van der Waals surface area contributed by atoms with Crippen LogP contribution in [0.5, 0.6) is 0 Å². The third-order valence-corrected chi connectivity index (χ3v) is 5.15. The van der Waals surface area contributed by atoms with E-state index >= 15 is 0 Å². The van der Waals surface area contributed by atoms with Crippen LogP contribution in [-0.2, 0) is 11.3 Å². The Balaban J connectivity index is 1.81. The SMILES string of the molecule is CNC(CCN(C)CCn1c(C)nc2c(N)nc3ccccc3c21)C(C)=O. The maximum absolute atomic E-state index is 11.6. The van der Waals surface area contributed by atoms with Crippen LogP contribution in [-0.4, -0.2) is 58.4 Å². The molecule has 0 aliphatic heterocycles. The van der Waals surface area contributed by atoms with Gasteiger partial charge in [-0.15, -0.1) is 0 Å². The smallest absolute Gasteiger partial charge is 0.152 e. The highest BCUT2D eigenvalue weighted by molar-refractivity contribution is 6.06. The van der Waals surface area contributed by atoms with E-state index in [0.29, 0.717) is 5.82 Å². The molecule has 27 heavy (non-hydrogen) atoms. The largest absolute Gasteiger partial charge is 0.382 e. The number of likely N-dealkylation sites (N-methyl/N-ethyl adjacent to an activating group) is 2. The number of nitrogens with zero attached hydrogens (tertiary/aromatic N) is 4. The molecule has 0 bridgehead atoms. The van der Waals surface area contributed by atoms with Crippen LogP contribution in [0, 0.1) is 6.92 Å². The summed E-state index contributed by atoms with van der Waals surface area (Å²) in [6.45, 7) is 6.14. The number of aryl methyl sites for hydroxylation is 1. The number of para-hydroxylation sites is 1. The van der Waals surface area contributed by atoms with Gasteiger partial charge in [-0.2, -0.15) is 0 Å². The number of carbonyl (C=O) groups is 1. The van der Waals surface area contributed by atoms with Crippen LogP contribution < -0.4 is 11.1 Å². The van der Waals surface area contributed by atoms with E-state index in [0.717, 1.165) is 53.8 Å². The lowest BCUT2D eigenvalue weighted by Crippen LogP contribution is -2.36. The number of Topliss-reactive ketones (excluding diaryl/α,β-unsaturated/α-hetero) is 1. The minimum absolute atomic E-state index is 0.0851. The van der Waals surface area contributed by atoms with E-state index in [2.05, 4.69) is 37.9 Å². The summed E-state index contributed by atoms with van der Waals surface area (Å²) in [6.07, 6.45) is 0.797. The summed E-state index contributed by atoms with van der Waals surface area (Å²) in [5.74, 6) is 1.58. The lowest BCUT2D eigenvalue weighted by molar-refractivity contribution is -0.119. The van der Waals surface area contributed by atoms with Gasteiger partial charge in [0, 0.05) is 18.5 Å². The Kier molecular flexibility index (Phi) is 5.72. The van der Waals surface area contributed by atoms with E-state index in [4.69, 9.17) is 5.73 Å². The van der Waals surface area contributed by atoms with Gasteiger partial charge >= 0.3 is 0 Å². The predicted molar refractivity (Wildman–Crippen MR) is 110 cm³/mol. The molecule has 144 valence electrons. The lowest BCUT2D eigenvalue weighted by atomic mass is 10.1. The van der Waals surface area contributed by atoms with Gasteiger partial charge in [-0.25, -0.2) is 9.97 Å². The molecule has 1 atom stereocenters. The van der Waals surface area contributed by atoms with Crippen molar-refractivity contribution in [2.75, 3.05) is 32.9 Å². The molecule has 1 aromatic carbocycles. The number of fused-ring (bicyclic) bond motifs is 3. The quantitative estimate of drug-likeness (QED) is 0.632. The van der Waals surface area contributed by atoms with Gasteiger partial charge in [0.2, 0.25) is 0 Å². The van der Waals surface area contributed by atoms with Crippen LogP contribution in [0.1, 0.15) is 19.2 Å². The molecule has 3 rings (SSSR count). The molecule has 0 saturated carbocycles. The number of nitrogens with two attached hydrogens (primary N) is 1. The fourth-order valence-electron chi connectivity index (χ4n) is 3.53. The number of carbonyl (C=O) groups excluding carboxylic acids is 1. The Hall–Kier alpha value is -2.51. The maximum atomic E-state index is 11.6. The number of benzene rings is 1. The molecule has 7 nitrogen and oxygen atoms in total. The van der Waals surface area contributed by atoms with Crippen molar-refractivity contribution >= 4 is 33.5 Å². The standard InChI is InChI=1S/C20H28N6O/c1-13(27)16(22-3)9-10-25(4)11-12-26-14(2)23-18-19(26)15-7-5-6-8-17(15)24-20(18)21/h5-8,16,22H,9-12H2,1-4H3,(H2,21,24). The number of aromatic nitrogens is 3. The third kappa shape index (κ3) is 3.94. The van der Waals surface area contributed by atoms with E-state index < -0.39 is 0 Å². The number of nitrogen functional groups attached to an aromatic ring is 1. The molecule has 2 aromatic heterocycles. The zero-order valence-electron chi connectivity index (χ0n) is 16.5. The molecule has 3 N–H and O–H groups in total. The summed E-state index contributed by atoms with van der Waals surface area (Å²) in [5, 5.41) is 4.14. The molecular formula is C20H28N6O. The monoisotopic (exact) mass is 368 g/mol. The third-order valence-electron chi connectivity index (χ3n) is 5.15. The van der Waals surface area contributed by atoms with Gasteiger partial charge in [-0.3, -0.25) is 4.79 Å². The zero-order chi connectivity index (χ0) is 19.6. The molecule has 3 aromatic rings. The van der Waals surface area contributed by atoms with E-state index in [1.807, 2.05) is 32.2 Å². The Morgan fingerprint density at radius 2 is 2.04 bits per heavy atom. The highest BCUT2D eigenvalue weighted by Gasteiger charge is 2.16. The molecule has 0 spiro atoms. The summed E-state index contributed by atoms with van der Waals surface area (Å²) in [7, 11) is 3.91. The van der Waals surface area contributed by atoms with Crippen molar-refractivity contribution in [3.63, 3.8) is 0 Å². The fourth-order valence-corrected chi connectivity index (χ4v) is 3.53. The summed E-state index contributed by atoms with van der Waals surface area (Å²) >= 11 is 0. The van der Waals surface area contributed by atoms with Crippen molar-refractivity contribution in [2.24, 2.45) is 0 Å². The molecular weight excluding hydrogens is 340 g/mol. The van der Waals surface area contributed by atoms with Crippen molar-refractivity contribution in [2.45, 2.75) is 32.9 Å². The molecule has 0 radical (unpaired) electrons. The minimum atomic E-state index is -0.0851. The van der Waals surface area contributed by atoms with Crippen LogP contribution >= 0.6 is 0 Å². The summed E-state index contributed by atoms with van der Waals surface area (Å²) in [5.41, 5.74) is 8.84. The van der Waals surface area contributed by atoms with Crippen LogP contribution in [0.2, 0.25) is 0 Å². The average Bonchev–Trinajstić information content (AvgIpc) is 2.97. The van der Waals surface area contributed by atoms with Crippen molar-refractivity contribution < 1.29 is 4.79 Å². The summed E-state index contributed by atoms with van der Waals surface area (Å²) < 4.78 is 2.22. The first-order valence-electron chi connectivity index (χ1n) is 9.29. The van der Waals surface area contributed by atoms with Crippen LogP contribution in [0.15, 0.2) is 24.3 Å². The Bertz CT molecular complexity index is 964. The van der Waals surface area contributed by atoms with Gasteiger partial charge in [0.15, 0.2) is 5.82 Å². The normalized spacial score (nSPS) is 12.9. The van der Waals surface area contributed by atoms with Gasteiger partial charge in [-0.05, 0) is 47.0 Å². The number of hydrogen-bond donors (Lipinski definition) is 2. The highest BCUT2D eigenvalue weighted by Crippen LogP contribution is 2.28. The Morgan fingerprint density at radius 3 is 2.74 bits per heavy atom. The average molecular weight is 368 g/mol. The Morgan fingerprint density at radius 1 is 1.30 bits per heavy atom. The van der Waals surface area contributed by atoms with E-state index in [1.165, 1.54) is 0 Å². The molecule has 0 saturated heterocycles. The Labute approximate surface area is 159 Å². The number of anilines is 1. The number of rotatable bonds is 8. The first kappa shape index (κ1) is 19.3. The van der Waals surface area contributed by atoms with Gasteiger partial charge in [0.1, 0.15) is 17.1 Å². The first-order valence-corrected chi connectivity index (χ1v) is 9.29. The summed E-state index contributed by atoms with van der Waals surface area (Å²) in [4.78, 5) is 22.9. The number of imidazole rings is 1. The van der Waals surface area contributed by atoms with Crippen molar-refractivity contribution in [3.8, 4) is 0 Å². The zero-order valence-corrected chi connectivity index (χ0v) is 16.5. The lowest BCUT2D eigenvalue weighted by Gasteiger charge is -2.20. The second-order valence-corrected chi connectivity index (χ2v) is 7.07. The number of nitrogens with one attached hydrogen (secondary N) is 1. The van der Waals surface area contributed by atoms with Gasteiger partial charge < -0.3 is 20.5 Å². The second kappa shape index (κ2) is 8.02. The topological polar surface area (TPSA) is 89.1 Å². The van der Waals surface area contributed by atoms with E-state index in [1.54, 1.807) is 6.92 Å². The number of ketones is 1. The van der Waals surface area contributed by atoms with Gasteiger partial charge in [-0.1, -0.05) is 18.2 Å². The maximum Gasteiger partial charge on any atom is 0.152 e. The van der Waals surface area contributed by atoms with Crippen LogP contribution in [0.4, 0.5) is 5.82 Å². The van der Waals surface area contributed by atoms with E-state index in [9.17, 15) is 4.79 Å². The first-order chi connectivity index (χ1) is 12.9. The summed E-state index contributed by atoms with van der Waals surface area (Å²) in [6, 6.07) is 7.94. The number of pyridine rings is 1. The van der Waals surface area contributed by atoms with Gasteiger partial charge in [0.25, 0.3) is 0 Å². The highest BCUT2D eigenvalue weighted by atomic mass is 16.1. The molecule has 2 heterocycles. The van der Waals surface area contributed by atoms with Crippen molar-refractivity contribution in [1.82, 2.24) is 24.8 Å². The van der Waals surface area contributed by atoms with Crippen molar-refractivity contribution in [3.05, 3.63) is 30.1 Å². The fraction of sp³-hybridized carbons (Fsp3) is 0.450. The molecule has 0 fully saturated rings.